The third kappa shape index (κ3) is 1.86. The van der Waals surface area contributed by atoms with Gasteiger partial charge in [-0.2, -0.15) is 0 Å². The highest BCUT2D eigenvalue weighted by Gasteiger charge is 2.58. The maximum atomic E-state index is 13.1. The van der Waals surface area contributed by atoms with Gasteiger partial charge in [0.25, 0.3) is 0 Å². The molecule has 5 rings (SSSR count). The Morgan fingerprint density at radius 2 is 1.90 bits per heavy atom. The highest BCUT2D eigenvalue weighted by molar-refractivity contribution is 6.31. The van der Waals surface area contributed by atoms with Crippen LogP contribution in [0.5, 0.6) is 0 Å². The Kier molecular flexibility index (Phi) is 2.64. The molecule has 4 saturated carbocycles. The van der Waals surface area contributed by atoms with Gasteiger partial charge in [0.2, 0.25) is 0 Å². The number of carbonyl (C=O) groups is 1. The van der Waals surface area contributed by atoms with Gasteiger partial charge in [0.05, 0.1) is 0 Å². The van der Waals surface area contributed by atoms with Gasteiger partial charge >= 0.3 is 0 Å². The standard InChI is InChI=1S/C18H21ClO/c1-17-7-12-5-13(8-17)10-18(9-12,11-17)16(20)14-3-2-4-15(19)6-14/h2-4,6,12-13H,5,7-11H2,1H3. The van der Waals surface area contributed by atoms with Crippen LogP contribution in [0.3, 0.4) is 0 Å². The quantitative estimate of drug-likeness (QED) is 0.690. The van der Waals surface area contributed by atoms with Crippen molar-refractivity contribution in [1.29, 1.82) is 0 Å². The Bertz CT molecular complexity index is 563. The molecule has 1 aromatic rings. The van der Waals surface area contributed by atoms with Gasteiger partial charge in [-0.05, 0) is 67.9 Å². The molecule has 2 unspecified atom stereocenters. The molecular formula is C18H21ClO. The van der Waals surface area contributed by atoms with Crippen molar-refractivity contribution in [2.24, 2.45) is 22.7 Å². The van der Waals surface area contributed by atoms with Crippen molar-refractivity contribution in [2.75, 3.05) is 0 Å². The van der Waals surface area contributed by atoms with Gasteiger partial charge in [-0.15, -0.1) is 0 Å². The highest BCUT2D eigenvalue weighted by atomic mass is 35.5. The van der Waals surface area contributed by atoms with Gasteiger partial charge in [0, 0.05) is 16.0 Å². The minimum Gasteiger partial charge on any atom is -0.294 e. The van der Waals surface area contributed by atoms with Crippen LogP contribution in [0.1, 0.15) is 55.8 Å². The summed E-state index contributed by atoms with van der Waals surface area (Å²) in [7, 11) is 0. The number of hydrogen-bond donors (Lipinski definition) is 0. The molecule has 0 N–H and O–H groups in total. The van der Waals surface area contributed by atoms with Crippen LogP contribution >= 0.6 is 11.6 Å². The molecular weight excluding hydrogens is 268 g/mol. The maximum Gasteiger partial charge on any atom is 0.169 e. The van der Waals surface area contributed by atoms with Gasteiger partial charge in [0.1, 0.15) is 0 Å². The van der Waals surface area contributed by atoms with Crippen molar-refractivity contribution < 1.29 is 4.79 Å². The van der Waals surface area contributed by atoms with Crippen molar-refractivity contribution in [2.45, 2.75) is 45.4 Å². The van der Waals surface area contributed by atoms with Crippen molar-refractivity contribution in [3.05, 3.63) is 34.9 Å². The minimum atomic E-state index is -0.0798. The monoisotopic (exact) mass is 288 g/mol. The number of halogens is 1. The summed E-state index contributed by atoms with van der Waals surface area (Å²) in [4.78, 5) is 13.1. The molecule has 4 fully saturated rings. The Balaban J connectivity index is 1.72. The van der Waals surface area contributed by atoms with Gasteiger partial charge < -0.3 is 0 Å². The molecule has 4 aliphatic carbocycles. The summed E-state index contributed by atoms with van der Waals surface area (Å²) in [5, 5.41) is 0.673. The highest BCUT2D eigenvalue weighted by Crippen LogP contribution is 2.65. The van der Waals surface area contributed by atoms with E-state index in [1.165, 1.54) is 19.3 Å². The molecule has 0 aromatic heterocycles. The van der Waals surface area contributed by atoms with Gasteiger partial charge in [-0.1, -0.05) is 30.7 Å². The largest absolute Gasteiger partial charge is 0.294 e. The van der Waals surface area contributed by atoms with E-state index < -0.39 is 0 Å². The van der Waals surface area contributed by atoms with Crippen LogP contribution in [0.2, 0.25) is 5.02 Å². The van der Waals surface area contributed by atoms with E-state index in [1.54, 1.807) is 0 Å². The molecule has 1 aromatic carbocycles. The van der Waals surface area contributed by atoms with Crippen molar-refractivity contribution >= 4 is 17.4 Å². The molecule has 0 heterocycles. The van der Waals surface area contributed by atoms with Gasteiger partial charge in [-0.25, -0.2) is 0 Å². The van der Waals surface area contributed by atoms with Crippen LogP contribution in [-0.4, -0.2) is 5.78 Å². The van der Waals surface area contributed by atoms with Gasteiger partial charge in [-0.3, -0.25) is 4.79 Å². The molecule has 0 amide bonds. The summed E-state index contributed by atoms with van der Waals surface area (Å²) in [5.41, 5.74) is 1.16. The third-order valence-corrected chi connectivity index (χ3v) is 6.16. The zero-order valence-electron chi connectivity index (χ0n) is 12.0. The lowest BCUT2D eigenvalue weighted by Gasteiger charge is -2.60. The van der Waals surface area contributed by atoms with E-state index in [2.05, 4.69) is 6.92 Å². The molecule has 4 aliphatic rings. The van der Waals surface area contributed by atoms with E-state index in [0.717, 1.165) is 36.7 Å². The summed E-state index contributed by atoms with van der Waals surface area (Å²) in [5.74, 6) is 1.93. The fraction of sp³-hybridized carbons (Fsp3) is 0.611. The minimum absolute atomic E-state index is 0.0798. The zero-order valence-corrected chi connectivity index (χ0v) is 12.7. The van der Waals surface area contributed by atoms with Crippen LogP contribution in [0.25, 0.3) is 0 Å². The molecule has 0 radical (unpaired) electrons. The van der Waals surface area contributed by atoms with Crippen molar-refractivity contribution in [3.8, 4) is 0 Å². The van der Waals surface area contributed by atoms with E-state index >= 15 is 0 Å². The van der Waals surface area contributed by atoms with E-state index in [9.17, 15) is 4.79 Å². The molecule has 1 nitrogen and oxygen atoms in total. The van der Waals surface area contributed by atoms with Crippen LogP contribution in [-0.2, 0) is 0 Å². The number of carbonyl (C=O) groups excluding carboxylic acids is 1. The summed E-state index contributed by atoms with van der Waals surface area (Å²) in [6, 6.07) is 7.54. The summed E-state index contributed by atoms with van der Waals surface area (Å²) in [6.45, 7) is 2.41. The number of rotatable bonds is 2. The average Bonchev–Trinajstić information content (AvgIpc) is 2.35. The second-order valence-corrected chi connectivity index (χ2v) is 8.33. The second-order valence-electron chi connectivity index (χ2n) is 7.89. The lowest BCUT2D eigenvalue weighted by atomic mass is 9.43. The van der Waals surface area contributed by atoms with Crippen LogP contribution in [0.4, 0.5) is 0 Å². The third-order valence-electron chi connectivity index (χ3n) is 5.92. The zero-order chi connectivity index (χ0) is 14.0. The summed E-state index contributed by atoms with van der Waals surface area (Å²) in [6.07, 6.45) is 7.37. The number of benzene rings is 1. The van der Waals surface area contributed by atoms with E-state index in [1.807, 2.05) is 24.3 Å². The van der Waals surface area contributed by atoms with Crippen molar-refractivity contribution in [1.82, 2.24) is 0 Å². The maximum absolute atomic E-state index is 13.1. The lowest BCUT2D eigenvalue weighted by molar-refractivity contribution is -0.0820. The van der Waals surface area contributed by atoms with E-state index in [4.69, 9.17) is 11.6 Å². The lowest BCUT2D eigenvalue weighted by Crippen LogP contribution is -2.54. The number of hydrogen-bond acceptors (Lipinski definition) is 1. The topological polar surface area (TPSA) is 17.1 Å². The van der Waals surface area contributed by atoms with Gasteiger partial charge in [0.15, 0.2) is 5.78 Å². The first-order chi connectivity index (χ1) is 9.48. The Hall–Kier alpha value is -0.820. The first-order valence-electron chi connectivity index (χ1n) is 7.79. The predicted molar refractivity (Wildman–Crippen MR) is 81.0 cm³/mol. The fourth-order valence-electron chi connectivity index (χ4n) is 5.92. The van der Waals surface area contributed by atoms with E-state index in [0.29, 0.717) is 16.2 Å². The number of ketones is 1. The fourth-order valence-corrected chi connectivity index (χ4v) is 6.11. The average molecular weight is 289 g/mol. The Morgan fingerprint density at radius 1 is 1.20 bits per heavy atom. The Morgan fingerprint density at radius 3 is 2.50 bits per heavy atom. The molecule has 2 atom stereocenters. The molecule has 20 heavy (non-hydrogen) atoms. The molecule has 0 aliphatic heterocycles. The first-order valence-corrected chi connectivity index (χ1v) is 8.16. The van der Waals surface area contributed by atoms with Crippen molar-refractivity contribution in [3.63, 3.8) is 0 Å². The number of Topliss-reactive ketones (excluding diaryl/α,β-unsaturated/α-hetero) is 1. The molecule has 106 valence electrons. The smallest absolute Gasteiger partial charge is 0.169 e. The molecule has 0 spiro atoms. The predicted octanol–water partition coefficient (Wildman–Crippen LogP) is 5.13. The molecule has 2 heteroatoms. The first kappa shape index (κ1) is 12.9. The van der Waals surface area contributed by atoms with Crippen LogP contribution in [0, 0.1) is 22.7 Å². The normalized spacial score (nSPS) is 41.9. The summed E-state index contributed by atoms with van der Waals surface area (Å²) >= 11 is 6.07. The van der Waals surface area contributed by atoms with E-state index in [-0.39, 0.29) is 5.41 Å². The SMILES string of the molecule is CC12CC3CC(C1)CC(C(=O)c1cccc(Cl)c1)(C3)C2. The van der Waals surface area contributed by atoms with Crippen LogP contribution < -0.4 is 0 Å². The van der Waals surface area contributed by atoms with Crippen LogP contribution in [0.15, 0.2) is 24.3 Å². The molecule has 0 saturated heterocycles. The summed E-state index contributed by atoms with van der Waals surface area (Å²) < 4.78 is 0. The Labute approximate surface area is 125 Å². The molecule has 4 bridgehead atoms. The second kappa shape index (κ2) is 4.10.